The highest BCUT2D eigenvalue weighted by atomic mass is 127. The first-order valence-corrected chi connectivity index (χ1v) is 10.3. The van der Waals surface area contributed by atoms with Gasteiger partial charge in [-0.05, 0) is 45.2 Å². The number of nitrogens with zero attached hydrogens (tertiary/aromatic N) is 2. The zero-order chi connectivity index (χ0) is 16.0. The molecule has 2 fully saturated rings. The highest BCUT2D eigenvalue weighted by Crippen LogP contribution is 2.15. The minimum absolute atomic E-state index is 0. The Balaban J connectivity index is 0.00000264. The Morgan fingerprint density at radius 2 is 1.96 bits per heavy atom. The Morgan fingerprint density at radius 3 is 2.52 bits per heavy atom. The Kier molecular flexibility index (Phi) is 9.13. The van der Waals surface area contributed by atoms with Crippen molar-refractivity contribution in [3.8, 4) is 0 Å². The number of hydrogen-bond acceptors (Lipinski definition) is 4. The summed E-state index contributed by atoms with van der Waals surface area (Å²) in [6, 6.07) is -0.00126. The fourth-order valence-electron chi connectivity index (χ4n) is 3.01. The molecule has 1 unspecified atom stereocenters. The third-order valence-corrected chi connectivity index (χ3v) is 6.25. The standard InChI is InChI=1S/C15H30N4O2S.HI/c1-3-16-15(18-14-6-11-22(20,21)12-14)17-7-10-19-8-4-13(2)5-9-19;/h13-14H,3-12H2,1-2H3,(H2,16,17,18);1H. The van der Waals surface area contributed by atoms with Gasteiger partial charge in [0.1, 0.15) is 0 Å². The van der Waals surface area contributed by atoms with Crippen molar-refractivity contribution >= 4 is 39.8 Å². The number of likely N-dealkylation sites (tertiary alicyclic amines) is 1. The highest BCUT2D eigenvalue weighted by molar-refractivity contribution is 14.0. The lowest BCUT2D eigenvalue weighted by molar-refractivity contribution is 0.197. The molecule has 6 nitrogen and oxygen atoms in total. The molecule has 0 aromatic rings. The lowest BCUT2D eigenvalue weighted by Crippen LogP contribution is -2.44. The molecule has 2 rings (SSSR count). The van der Waals surface area contributed by atoms with Gasteiger partial charge in [0.15, 0.2) is 15.8 Å². The molecule has 2 N–H and O–H groups in total. The van der Waals surface area contributed by atoms with Crippen molar-refractivity contribution in [2.24, 2.45) is 10.9 Å². The maximum atomic E-state index is 11.5. The van der Waals surface area contributed by atoms with E-state index in [1.54, 1.807) is 0 Å². The SMILES string of the molecule is CCNC(=NCCN1CCC(C)CC1)NC1CCS(=O)(=O)C1.I. The molecular formula is C15H31IN4O2S. The molecule has 2 aliphatic heterocycles. The van der Waals surface area contributed by atoms with E-state index in [9.17, 15) is 8.42 Å². The summed E-state index contributed by atoms with van der Waals surface area (Å²) in [5.41, 5.74) is 0. The summed E-state index contributed by atoms with van der Waals surface area (Å²) >= 11 is 0. The van der Waals surface area contributed by atoms with E-state index < -0.39 is 9.84 Å². The maximum Gasteiger partial charge on any atom is 0.191 e. The highest BCUT2D eigenvalue weighted by Gasteiger charge is 2.28. The van der Waals surface area contributed by atoms with Gasteiger partial charge in [0.05, 0.1) is 18.1 Å². The monoisotopic (exact) mass is 458 g/mol. The number of aliphatic imine (C=N–C) groups is 1. The zero-order valence-electron chi connectivity index (χ0n) is 14.3. The summed E-state index contributed by atoms with van der Waals surface area (Å²) in [6.07, 6.45) is 3.24. The van der Waals surface area contributed by atoms with E-state index in [0.29, 0.717) is 6.42 Å². The van der Waals surface area contributed by atoms with Gasteiger partial charge in [-0.2, -0.15) is 0 Å². The number of rotatable bonds is 5. The molecule has 1 atom stereocenters. The number of nitrogens with one attached hydrogen (secondary N) is 2. The predicted octanol–water partition coefficient (Wildman–Crippen LogP) is 1.08. The van der Waals surface area contributed by atoms with Crippen LogP contribution < -0.4 is 10.6 Å². The predicted molar refractivity (Wildman–Crippen MR) is 106 cm³/mol. The van der Waals surface area contributed by atoms with Gasteiger partial charge in [0, 0.05) is 19.1 Å². The Labute approximate surface area is 157 Å². The van der Waals surface area contributed by atoms with E-state index in [1.807, 2.05) is 6.92 Å². The van der Waals surface area contributed by atoms with Gasteiger partial charge < -0.3 is 15.5 Å². The third kappa shape index (κ3) is 7.55. The number of hydrogen-bond donors (Lipinski definition) is 2. The van der Waals surface area contributed by atoms with Gasteiger partial charge in [-0.3, -0.25) is 4.99 Å². The van der Waals surface area contributed by atoms with Gasteiger partial charge in [-0.15, -0.1) is 24.0 Å². The van der Waals surface area contributed by atoms with Crippen LogP contribution in [0.25, 0.3) is 0 Å². The Morgan fingerprint density at radius 1 is 1.26 bits per heavy atom. The number of guanidine groups is 1. The maximum absolute atomic E-state index is 11.5. The number of sulfone groups is 1. The molecule has 136 valence electrons. The molecule has 0 radical (unpaired) electrons. The van der Waals surface area contributed by atoms with Crippen LogP contribution in [-0.4, -0.2) is 69.5 Å². The summed E-state index contributed by atoms with van der Waals surface area (Å²) in [5.74, 6) is 2.11. The van der Waals surface area contributed by atoms with E-state index in [4.69, 9.17) is 0 Å². The van der Waals surface area contributed by atoms with Crippen LogP contribution in [0.3, 0.4) is 0 Å². The lowest BCUT2D eigenvalue weighted by atomic mass is 9.99. The molecule has 0 aliphatic carbocycles. The summed E-state index contributed by atoms with van der Waals surface area (Å²) in [5, 5.41) is 6.47. The van der Waals surface area contributed by atoms with Crippen LogP contribution in [-0.2, 0) is 9.84 Å². The molecule has 0 aromatic heterocycles. The van der Waals surface area contributed by atoms with E-state index in [1.165, 1.54) is 25.9 Å². The van der Waals surface area contributed by atoms with E-state index >= 15 is 0 Å². The summed E-state index contributed by atoms with van der Waals surface area (Å²) < 4.78 is 23.0. The van der Waals surface area contributed by atoms with E-state index in [0.717, 1.165) is 31.5 Å². The minimum Gasteiger partial charge on any atom is -0.357 e. The number of halogens is 1. The largest absolute Gasteiger partial charge is 0.357 e. The van der Waals surface area contributed by atoms with Gasteiger partial charge >= 0.3 is 0 Å². The van der Waals surface area contributed by atoms with Crippen molar-refractivity contribution in [1.29, 1.82) is 0 Å². The van der Waals surface area contributed by atoms with Crippen molar-refractivity contribution in [3.63, 3.8) is 0 Å². The lowest BCUT2D eigenvalue weighted by Gasteiger charge is -2.29. The summed E-state index contributed by atoms with van der Waals surface area (Å²) in [7, 11) is -2.85. The fraction of sp³-hybridized carbons (Fsp3) is 0.933. The van der Waals surface area contributed by atoms with Crippen molar-refractivity contribution in [2.45, 2.75) is 39.2 Å². The van der Waals surface area contributed by atoms with E-state index in [-0.39, 0.29) is 41.5 Å². The molecule has 0 saturated carbocycles. The average molecular weight is 458 g/mol. The summed E-state index contributed by atoms with van der Waals surface area (Å²) in [6.45, 7) is 9.19. The molecule has 0 aromatic carbocycles. The van der Waals surface area contributed by atoms with Crippen LogP contribution in [0.1, 0.15) is 33.1 Å². The fourth-order valence-corrected chi connectivity index (χ4v) is 4.68. The van der Waals surface area contributed by atoms with Crippen molar-refractivity contribution in [3.05, 3.63) is 0 Å². The zero-order valence-corrected chi connectivity index (χ0v) is 17.4. The van der Waals surface area contributed by atoms with Crippen LogP contribution in [0.15, 0.2) is 4.99 Å². The average Bonchev–Trinajstić information content (AvgIpc) is 2.80. The van der Waals surface area contributed by atoms with Crippen molar-refractivity contribution < 1.29 is 8.42 Å². The molecular weight excluding hydrogens is 427 g/mol. The third-order valence-electron chi connectivity index (χ3n) is 4.48. The quantitative estimate of drug-likeness (QED) is 0.367. The second-order valence-electron chi connectivity index (χ2n) is 6.53. The van der Waals surface area contributed by atoms with Crippen LogP contribution in [0.4, 0.5) is 0 Å². The smallest absolute Gasteiger partial charge is 0.191 e. The second-order valence-corrected chi connectivity index (χ2v) is 8.76. The second kappa shape index (κ2) is 10.0. The summed E-state index contributed by atoms with van der Waals surface area (Å²) in [4.78, 5) is 7.06. The molecule has 0 bridgehead atoms. The molecule has 2 saturated heterocycles. The van der Waals surface area contributed by atoms with Gasteiger partial charge in [0.25, 0.3) is 0 Å². The Hall–Kier alpha value is -0.0900. The molecule has 8 heteroatoms. The van der Waals surface area contributed by atoms with Gasteiger partial charge in [0.2, 0.25) is 0 Å². The molecule has 0 spiro atoms. The van der Waals surface area contributed by atoms with Gasteiger partial charge in [-0.25, -0.2) is 8.42 Å². The van der Waals surface area contributed by atoms with Crippen LogP contribution in [0, 0.1) is 5.92 Å². The van der Waals surface area contributed by atoms with Crippen LogP contribution in [0.2, 0.25) is 0 Å². The first-order chi connectivity index (χ1) is 10.5. The molecule has 2 aliphatic rings. The van der Waals surface area contributed by atoms with Gasteiger partial charge in [-0.1, -0.05) is 6.92 Å². The van der Waals surface area contributed by atoms with Crippen LogP contribution >= 0.6 is 24.0 Å². The molecule has 0 amide bonds. The Bertz CT molecular complexity index is 476. The molecule has 23 heavy (non-hydrogen) atoms. The normalized spacial score (nSPS) is 25.8. The first kappa shape index (κ1) is 21.0. The van der Waals surface area contributed by atoms with Crippen molar-refractivity contribution in [2.75, 3.05) is 44.2 Å². The van der Waals surface area contributed by atoms with Crippen molar-refractivity contribution in [1.82, 2.24) is 15.5 Å². The topological polar surface area (TPSA) is 73.8 Å². The van der Waals surface area contributed by atoms with E-state index in [2.05, 4.69) is 27.4 Å². The minimum atomic E-state index is -2.85. The molecule has 2 heterocycles. The number of piperidine rings is 1. The first-order valence-electron chi connectivity index (χ1n) is 8.46. The van der Waals surface area contributed by atoms with Crippen LogP contribution in [0.5, 0.6) is 0 Å².